The van der Waals surface area contributed by atoms with Crippen LogP contribution >= 0.6 is 23.1 Å². The first-order valence-corrected chi connectivity index (χ1v) is 11.1. The van der Waals surface area contributed by atoms with Gasteiger partial charge in [-0.05, 0) is 42.5 Å². The number of nitrogens with zero attached hydrogens (tertiary/aromatic N) is 3. The Kier molecular flexibility index (Phi) is 7.54. The van der Waals surface area contributed by atoms with Crippen molar-refractivity contribution in [2.45, 2.75) is 25.0 Å². The van der Waals surface area contributed by atoms with E-state index in [1.807, 2.05) is 47.2 Å². The standard InChI is InChI=1S/C20H24N4O3S2/c1-4-24-19(17-6-5-11-28-17)22-23-20(24)29-13-18(25)21-10-9-14-7-8-15(26-2)16(12-14)27-3/h5-8,11-12H,4,9-10,13H2,1-3H3,(H,21,25). The lowest BCUT2D eigenvalue weighted by Gasteiger charge is -2.10. The molecule has 9 heteroatoms. The van der Waals surface area contributed by atoms with Crippen molar-refractivity contribution in [1.29, 1.82) is 0 Å². The maximum absolute atomic E-state index is 12.2. The number of rotatable bonds is 10. The second-order valence-electron chi connectivity index (χ2n) is 6.11. The number of thiophene rings is 1. The number of benzene rings is 1. The van der Waals surface area contributed by atoms with Crippen LogP contribution in [0.2, 0.25) is 0 Å². The molecule has 0 saturated carbocycles. The van der Waals surface area contributed by atoms with E-state index in [9.17, 15) is 4.79 Å². The predicted molar refractivity (Wildman–Crippen MR) is 116 cm³/mol. The van der Waals surface area contributed by atoms with Crippen LogP contribution in [0.3, 0.4) is 0 Å². The van der Waals surface area contributed by atoms with Crippen LogP contribution in [0.1, 0.15) is 12.5 Å². The molecule has 1 amide bonds. The van der Waals surface area contributed by atoms with Gasteiger partial charge >= 0.3 is 0 Å². The maximum atomic E-state index is 12.2. The van der Waals surface area contributed by atoms with E-state index >= 15 is 0 Å². The zero-order valence-corrected chi connectivity index (χ0v) is 18.3. The maximum Gasteiger partial charge on any atom is 0.230 e. The summed E-state index contributed by atoms with van der Waals surface area (Å²) in [5, 5.41) is 14.3. The van der Waals surface area contributed by atoms with E-state index in [1.54, 1.807) is 25.6 Å². The third-order valence-electron chi connectivity index (χ3n) is 4.29. The molecule has 1 aromatic carbocycles. The molecule has 2 heterocycles. The molecule has 0 saturated heterocycles. The van der Waals surface area contributed by atoms with Gasteiger partial charge in [-0.25, -0.2) is 0 Å². The van der Waals surface area contributed by atoms with Gasteiger partial charge in [-0.3, -0.25) is 4.79 Å². The Bertz CT molecular complexity index is 941. The fraction of sp³-hybridized carbons (Fsp3) is 0.350. The number of methoxy groups -OCH3 is 2. The summed E-state index contributed by atoms with van der Waals surface area (Å²) in [6, 6.07) is 9.78. The molecule has 0 unspecified atom stereocenters. The average molecular weight is 433 g/mol. The summed E-state index contributed by atoms with van der Waals surface area (Å²) in [5.41, 5.74) is 1.07. The van der Waals surface area contributed by atoms with E-state index in [0.29, 0.717) is 30.2 Å². The summed E-state index contributed by atoms with van der Waals surface area (Å²) in [7, 11) is 3.22. The van der Waals surface area contributed by atoms with Crippen molar-refractivity contribution in [2.75, 3.05) is 26.5 Å². The Hall–Kier alpha value is -2.52. The number of aromatic nitrogens is 3. The van der Waals surface area contributed by atoms with Crippen molar-refractivity contribution in [3.8, 4) is 22.2 Å². The lowest BCUT2D eigenvalue weighted by molar-refractivity contribution is -0.118. The Morgan fingerprint density at radius 3 is 2.72 bits per heavy atom. The first kappa shape index (κ1) is 21.2. The van der Waals surface area contributed by atoms with Gasteiger partial charge < -0.3 is 19.4 Å². The highest BCUT2D eigenvalue weighted by molar-refractivity contribution is 7.99. The fourth-order valence-corrected chi connectivity index (χ4v) is 4.38. The molecule has 0 fully saturated rings. The Morgan fingerprint density at radius 2 is 2.03 bits per heavy atom. The van der Waals surface area contributed by atoms with Gasteiger partial charge in [0, 0.05) is 13.1 Å². The zero-order valence-electron chi connectivity index (χ0n) is 16.7. The van der Waals surface area contributed by atoms with Crippen LogP contribution in [0, 0.1) is 0 Å². The van der Waals surface area contributed by atoms with Crippen molar-refractivity contribution in [2.24, 2.45) is 0 Å². The number of carbonyl (C=O) groups excluding carboxylic acids is 1. The van der Waals surface area contributed by atoms with Gasteiger partial charge in [-0.2, -0.15) is 0 Å². The van der Waals surface area contributed by atoms with Gasteiger partial charge in [0.2, 0.25) is 5.91 Å². The van der Waals surface area contributed by atoms with Crippen molar-refractivity contribution in [3.63, 3.8) is 0 Å². The van der Waals surface area contributed by atoms with Crippen LogP contribution in [-0.2, 0) is 17.8 Å². The number of hydrogen-bond donors (Lipinski definition) is 1. The van der Waals surface area contributed by atoms with Gasteiger partial charge in [-0.15, -0.1) is 21.5 Å². The number of ether oxygens (including phenoxy) is 2. The molecular formula is C20H24N4O3S2. The molecule has 7 nitrogen and oxygen atoms in total. The summed E-state index contributed by atoms with van der Waals surface area (Å²) in [5.74, 6) is 2.50. The Morgan fingerprint density at radius 1 is 1.21 bits per heavy atom. The quantitative estimate of drug-likeness (QED) is 0.494. The van der Waals surface area contributed by atoms with Crippen molar-refractivity contribution < 1.29 is 14.3 Å². The summed E-state index contributed by atoms with van der Waals surface area (Å²) in [4.78, 5) is 13.3. The molecule has 0 spiro atoms. The minimum Gasteiger partial charge on any atom is -0.493 e. The third kappa shape index (κ3) is 5.30. The molecular weight excluding hydrogens is 408 g/mol. The number of nitrogens with one attached hydrogen (secondary N) is 1. The minimum absolute atomic E-state index is 0.0289. The van der Waals surface area contributed by atoms with Gasteiger partial charge in [0.15, 0.2) is 22.5 Å². The van der Waals surface area contributed by atoms with Crippen LogP contribution in [0.4, 0.5) is 0 Å². The largest absolute Gasteiger partial charge is 0.493 e. The first-order chi connectivity index (χ1) is 14.2. The molecule has 0 aliphatic heterocycles. The highest BCUT2D eigenvalue weighted by atomic mass is 32.2. The second-order valence-corrected chi connectivity index (χ2v) is 8.00. The zero-order chi connectivity index (χ0) is 20.6. The molecule has 2 aromatic heterocycles. The van der Waals surface area contributed by atoms with Crippen molar-refractivity contribution >= 4 is 29.0 Å². The van der Waals surface area contributed by atoms with Gasteiger partial charge in [0.25, 0.3) is 0 Å². The highest BCUT2D eigenvalue weighted by Gasteiger charge is 2.15. The normalized spacial score (nSPS) is 10.7. The van der Waals surface area contributed by atoms with E-state index in [1.165, 1.54) is 11.8 Å². The summed E-state index contributed by atoms with van der Waals surface area (Å²) in [6.45, 7) is 3.35. The fourth-order valence-electron chi connectivity index (χ4n) is 2.83. The molecule has 154 valence electrons. The predicted octanol–water partition coefficient (Wildman–Crippen LogP) is 3.49. The second kappa shape index (κ2) is 10.3. The van der Waals surface area contributed by atoms with E-state index in [2.05, 4.69) is 15.5 Å². The monoisotopic (exact) mass is 432 g/mol. The summed E-state index contributed by atoms with van der Waals surface area (Å²) >= 11 is 3.03. The van der Waals surface area contributed by atoms with E-state index in [-0.39, 0.29) is 5.91 Å². The molecule has 1 N–H and O–H groups in total. The molecule has 3 rings (SSSR count). The van der Waals surface area contributed by atoms with Crippen molar-refractivity contribution in [1.82, 2.24) is 20.1 Å². The minimum atomic E-state index is -0.0289. The molecule has 0 atom stereocenters. The molecule has 0 aliphatic carbocycles. The van der Waals surface area contributed by atoms with Crippen LogP contribution in [-0.4, -0.2) is 47.2 Å². The molecule has 0 bridgehead atoms. The molecule has 3 aromatic rings. The van der Waals surface area contributed by atoms with Crippen molar-refractivity contribution in [3.05, 3.63) is 41.3 Å². The van der Waals surface area contributed by atoms with E-state index < -0.39 is 0 Å². The van der Waals surface area contributed by atoms with Gasteiger partial charge in [0.05, 0.1) is 24.8 Å². The molecule has 29 heavy (non-hydrogen) atoms. The SMILES string of the molecule is CCn1c(SCC(=O)NCCc2ccc(OC)c(OC)c2)nnc1-c1cccs1. The Balaban J connectivity index is 1.50. The highest BCUT2D eigenvalue weighted by Crippen LogP contribution is 2.28. The van der Waals surface area contributed by atoms with Crippen LogP contribution in [0.5, 0.6) is 11.5 Å². The van der Waals surface area contributed by atoms with Crippen LogP contribution < -0.4 is 14.8 Å². The Labute approximate surface area is 178 Å². The molecule has 0 radical (unpaired) electrons. The number of thioether (sulfide) groups is 1. The first-order valence-electron chi connectivity index (χ1n) is 9.23. The van der Waals surface area contributed by atoms with Gasteiger partial charge in [-0.1, -0.05) is 23.9 Å². The number of amides is 1. The smallest absolute Gasteiger partial charge is 0.230 e. The van der Waals surface area contributed by atoms with Gasteiger partial charge in [0.1, 0.15) is 0 Å². The summed E-state index contributed by atoms with van der Waals surface area (Å²) in [6.07, 6.45) is 0.713. The topological polar surface area (TPSA) is 78.3 Å². The number of hydrogen-bond acceptors (Lipinski definition) is 7. The third-order valence-corrected chi connectivity index (χ3v) is 6.12. The summed E-state index contributed by atoms with van der Waals surface area (Å²) < 4.78 is 12.6. The molecule has 0 aliphatic rings. The lowest BCUT2D eigenvalue weighted by atomic mass is 10.1. The lowest BCUT2D eigenvalue weighted by Crippen LogP contribution is -2.27. The van der Waals surface area contributed by atoms with Crippen LogP contribution in [0.25, 0.3) is 10.7 Å². The number of carbonyl (C=O) groups is 1. The van der Waals surface area contributed by atoms with E-state index in [4.69, 9.17) is 9.47 Å². The van der Waals surface area contributed by atoms with Crippen LogP contribution in [0.15, 0.2) is 40.9 Å². The van der Waals surface area contributed by atoms with E-state index in [0.717, 1.165) is 28.0 Å². The average Bonchev–Trinajstić information content (AvgIpc) is 3.41.